The van der Waals surface area contributed by atoms with Crippen molar-refractivity contribution in [3.05, 3.63) is 123 Å². The largest absolute Gasteiger partial charge is 0.508 e. The molecule has 2 aromatic carbocycles. The van der Waals surface area contributed by atoms with E-state index in [-0.39, 0.29) is 34.1 Å². The molecule has 13 heteroatoms. The molecular weight excluding hydrogens is 610 g/mol. The Kier molecular flexibility index (Phi) is 7.43. The highest BCUT2D eigenvalue weighted by Crippen LogP contribution is 2.30. The lowest BCUT2D eigenvalue weighted by Crippen LogP contribution is -2.45. The third kappa shape index (κ3) is 5.45. The highest BCUT2D eigenvalue weighted by molar-refractivity contribution is 5.93. The van der Waals surface area contributed by atoms with E-state index in [9.17, 15) is 33.1 Å². The molecule has 2 N–H and O–H groups in total. The fourth-order valence-corrected chi connectivity index (χ4v) is 6.27. The van der Waals surface area contributed by atoms with Crippen LogP contribution in [-0.2, 0) is 0 Å². The molecule has 1 aliphatic carbocycles. The zero-order chi connectivity index (χ0) is 32.8. The minimum absolute atomic E-state index is 0.0237. The molecule has 1 aliphatic rings. The normalized spacial score (nSPS) is 16.4. The maximum atomic E-state index is 14.4. The van der Waals surface area contributed by atoms with E-state index in [2.05, 4.69) is 15.3 Å². The summed E-state index contributed by atoms with van der Waals surface area (Å²) in [5.74, 6) is -1.69. The van der Waals surface area contributed by atoms with E-state index >= 15 is 0 Å². The lowest BCUT2D eigenvalue weighted by atomic mass is 9.90. The summed E-state index contributed by atoms with van der Waals surface area (Å²) in [4.78, 5) is 60.9. The zero-order valence-electron chi connectivity index (χ0n) is 24.6. The van der Waals surface area contributed by atoms with Gasteiger partial charge in [0.15, 0.2) is 11.9 Å². The van der Waals surface area contributed by atoms with Crippen LogP contribution in [-0.4, -0.2) is 46.8 Å². The minimum Gasteiger partial charge on any atom is -0.508 e. The van der Waals surface area contributed by atoms with Crippen LogP contribution >= 0.6 is 0 Å². The number of carbonyl (C=O) groups excluding carboxylic acids is 2. The van der Waals surface area contributed by atoms with E-state index in [1.54, 1.807) is 30.3 Å². The van der Waals surface area contributed by atoms with E-state index in [0.717, 1.165) is 16.8 Å². The zero-order valence-corrected chi connectivity index (χ0v) is 24.6. The molecule has 0 bridgehead atoms. The Morgan fingerprint density at radius 3 is 2.55 bits per heavy atom. The first kappa shape index (κ1) is 29.7. The Labute approximate surface area is 264 Å². The van der Waals surface area contributed by atoms with Crippen molar-refractivity contribution in [3.63, 3.8) is 0 Å². The van der Waals surface area contributed by atoms with Crippen LogP contribution in [0.5, 0.6) is 5.75 Å². The van der Waals surface area contributed by atoms with Gasteiger partial charge in [0, 0.05) is 30.0 Å². The summed E-state index contributed by atoms with van der Waals surface area (Å²) < 4.78 is 31.8. The molecule has 4 aromatic heterocycles. The van der Waals surface area contributed by atoms with E-state index in [0.29, 0.717) is 54.4 Å². The molecule has 236 valence electrons. The Morgan fingerprint density at radius 1 is 0.957 bits per heavy atom. The number of hydrogen-bond acceptors (Lipinski definition) is 7. The molecule has 0 aliphatic heterocycles. The van der Waals surface area contributed by atoms with Crippen LogP contribution in [0.1, 0.15) is 52.6 Å². The summed E-state index contributed by atoms with van der Waals surface area (Å²) in [6.07, 6.45) is 5.88. The Morgan fingerprint density at radius 2 is 1.77 bits per heavy atom. The van der Waals surface area contributed by atoms with Gasteiger partial charge in [-0.05, 0) is 85.3 Å². The number of imidazole rings is 1. The van der Waals surface area contributed by atoms with Gasteiger partial charge in [-0.2, -0.15) is 0 Å². The molecule has 1 fully saturated rings. The van der Waals surface area contributed by atoms with Crippen molar-refractivity contribution < 1.29 is 23.5 Å². The second-order valence-electron chi connectivity index (χ2n) is 11.5. The van der Waals surface area contributed by atoms with E-state index in [1.807, 2.05) is 0 Å². The number of hydrogen-bond donors (Lipinski definition) is 2. The van der Waals surface area contributed by atoms with Crippen molar-refractivity contribution >= 4 is 28.9 Å². The van der Waals surface area contributed by atoms with Crippen LogP contribution in [0.2, 0.25) is 0 Å². The van der Waals surface area contributed by atoms with Gasteiger partial charge in [-0.3, -0.25) is 19.0 Å². The predicted molar refractivity (Wildman–Crippen MR) is 168 cm³/mol. The number of pyridine rings is 2. The number of aromatic hydroxyl groups is 1. The lowest BCUT2D eigenvalue weighted by molar-refractivity contribution is 0.0917. The van der Waals surface area contributed by atoms with E-state index < -0.39 is 34.8 Å². The summed E-state index contributed by atoms with van der Waals surface area (Å²) in [6, 6.07) is 14.1. The molecule has 1 amide bonds. The number of phenols is 1. The van der Waals surface area contributed by atoms with Crippen molar-refractivity contribution in [1.29, 1.82) is 0 Å². The number of aldehydes is 1. The average Bonchev–Trinajstić information content (AvgIpc) is 3.49. The van der Waals surface area contributed by atoms with Gasteiger partial charge in [0.25, 0.3) is 11.5 Å². The standard InChI is InChI=1S/C34H26F2N6O5/c35-21-4-11-30-39-29(17-40(30)16-21)32(45)38-23-5-7-24(8-6-23)42-33(46)28-14-22(36)15-37-31(28)41(34(42)47)25-3-1-2-19(12-25)27-10-9-26(44)13-20(27)18-43/h1-4,9-18,23-24,44H,5-8H2,(H,38,45). The van der Waals surface area contributed by atoms with Gasteiger partial charge in [-0.15, -0.1) is 0 Å². The van der Waals surface area contributed by atoms with Gasteiger partial charge >= 0.3 is 5.69 Å². The number of nitrogens with one attached hydrogen (secondary N) is 1. The third-order valence-corrected chi connectivity index (χ3v) is 8.51. The molecule has 7 rings (SSSR count). The number of nitrogens with zero attached hydrogens (tertiary/aromatic N) is 5. The lowest BCUT2D eigenvalue weighted by Gasteiger charge is -2.30. The average molecular weight is 637 g/mol. The second-order valence-corrected chi connectivity index (χ2v) is 11.5. The van der Waals surface area contributed by atoms with Crippen molar-refractivity contribution in [2.24, 2.45) is 0 Å². The first-order valence-electron chi connectivity index (χ1n) is 14.9. The molecule has 4 heterocycles. The van der Waals surface area contributed by atoms with Crippen molar-refractivity contribution in [1.82, 2.24) is 28.8 Å². The molecule has 47 heavy (non-hydrogen) atoms. The predicted octanol–water partition coefficient (Wildman–Crippen LogP) is 4.57. The van der Waals surface area contributed by atoms with Crippen LogP contribution in [0.25, 0.3) is 33.5 Å². The molecule has 11 nitrogen and oxygen atoms in total. The van der Waals surface area contributed by atoms with Gasteiger partial charge < -0.3 is 14.8 Å². The number of amides is 1. The van der Waals surface area contributed by atoms with Crippen LogP contribution in [0, 0.1) is 11.6 Å². The number of rotatable bonds is 6. The van der Waals surface area contributed by atoms with Gasteiger partial charge in [0.2, 0.25) is 0 Å². The summed E-state index contributed by atoms with van der Waals surface area (Å²) in [5, 5.41) is 12.7. The topological polar surface area (TPSA) is 141 Å². The number of halogens is 2. The second kappa shape index (κ2) is 11.7. The number of benzene rings is 2. The highest BCUT2D eigenvalue weighted by atomic mass is 19.1. The van der Waals surface area contributed by atoms with Crippen molar-refractivity contribution in [2.45, 2.75) is 37.8 Å². The van der Waals surface area contributed by atoms with Crippen LogP contribution in [0.3, 0.4) is 0 Å². The molecule has 0 spiro atoms. The summed E-state index contributed by atoms with van der Waals surface area (Å²) in [7, 11) is 0. The van der Waals surface area contributed by atoms with Gasteiger partial charge in [0.1, 0.15) is 28.7 Å². The fraction of sp³-hybridized carbons (Fsp3) is 0.176. The van der Waals surface area contributed by atoms with Gasteiger partial charge in [0.05, 0.1) is 17.3 Å². The van der Waals surface area contributed by atoms with Crippen molar-refractivity contribution in [3.8, 4) is 22.6 Å². The molecule has 0 saturated heterocycles. The van der Waals surface area contributed by atoms with E-state index in [1.165, 1.54) is 45.6 Å². The number of fused-ring (bicyclic) bond motifs is 2. The number of carbonyl (C=O) groups is 2. The van der Waals surface area contributed by atoms with Crippen LogP contribution < -0.4 is 16.6 Å². The SMILES string of the molecule is O=Cc1cc(O)ccc1-c1cccc(-n2c(=O)n(C3CCC(NC(=O)c4cn5cc(F)ccc5n4)CC3)c(=O)c3cc(F)cnc32)c1. The molecule has 0 unspecified atom stereocenters. The Balaban J connectivity index is 1.21. The Bertz CT molecular complexity index is 2340. The molecule has 0 radical (unpaired) electrons. The first-order valence-corrected chi connectivity index (χ1v) is 14.9. The molecule has 6 aromatic rings. The van der Waals surface area contributed by atoms with Gasteiger partial charge in [-0.25, -0.2) is 28.1 Å². The molecular formula is C34H26F2N6O5. The van der Waals surface area contributed by atoms with Crippen LogP contribution in [0.4, 0.5) is 8.78 Å². The summed E-state index contributed by atoms with van der Waals surface area (Å²) >= 11 is 0. The van der Waals surface area contributed by atoms with E-state index in [4.69, 9.17) is 0 Å². The molecule has 0 atom stereocenters. The maximum Gasteiger partial charge on any atom is 0.337 e. The minimum atomic E-state index is -0.735. The summed E-state index contributed by atoms with van der Waals surface area (Å²) in [5.41, 5.74) is 0.861. The van der Waals surface area contributed by atoms with Gasteiger partial charge in [-0.1, -0.05) is 12.1 Å². The fourth-order valence-electron chi connectivity index (χ4n) is 6.27. The van der Waals surface area contributed by atoms with Crippen LogP contribution in [0.15, 0.2) is 88.8 Å². The monoisotopic (exact) mass is 636 g/mol. The maximum absolute atomic E-state index is 14.4. The Hall–Kier alpha value is -5.98. The number of aromatic nitrogens is 5. The quantitative estimate of drug-likeness (QED) is 0.255. The smallest absolute Gasteiger partial charge is 0.337 e. The highest BCUT2D eigenvalue weighted by Gasteiger charge is 2.28. The van der Waals surface area contributed by atoms with Crippen molar-refractivity contribution in [2.75, 3.05) is 0 Å². The third-order valence-electron chi connectivity index (χ3n) is 8.51. The summed E-state index contributed by atoms with van der Waals surface area (Å²) in [6.45, 7) is 0. The number of phenolic OH excluding ortho intramolecular Hbond substituents is 1. The first-order chi connectivity index (χ1) is 22.7. The molecule has 1 saturated carbocycles.